The number of nitriles is 1. The summed E-state index contributed by atoms with van der Waals surface area (Å²) in [6, 6.07) is 7.20. The highest BCUT2D eigenvalue weighted by atomic mass is 16.1. The first-order valence-corrected chi connectivity index (χ1v) is 5.82. The fraction of sp³-hybridized carbons (Fsp3) is 0.308. The van der Waals surface area contributed by atoms with Gasteiger partial charge >= 0.3 is 0 Å². The van der Waals surface area contributed by atoms with E-state index in [0.717, 1.165) is 5.52 Å². The summed E-state index contributed by atoms with van der Waals surface area (Å²) >= 11 is 0. The maximum atomic E-state index is 11.2. The molecule has 0 atom stereocenters. The van der Waals surface area contributed by atoms with E-state index < -0.39 is 11.4 Å². The molecule has 1 aromatic carbocycles. The summed E-state index contributed by atoms with van der Waals surface area (Å²) in [5.41, 5.74) is 12.5. The molecule has 0 radical (unpaired) electrons. The molecular weight excluding hydrogens is 242 g/mol. The van der Waals surface area contributed by atoms with Crippen LogP contribution in [0.2, 0.25) is 0 Å². The number of fused-ring (bicyclic) bond motifs is 1. The van der Waals surface area contributed by atoms with Gasteiger partial charge in [-0.1, -0.05) is 0 Å². The third-order valence-corrected chi connectivity index (χ3v) is 3.02. The van der Waals surface area contributed by atoms with E-state index in [1.165, 1.54) is 0 Å². The van der Waals surface area contributed by atoms with E-state index in [0.29, 0.717) is 17.0 Å². The van der Waals surface area contributed by atoms with Gasteiger partial charge in [0.1, 0.15) is 0 Å². The van der Waals surface area contributed by atoms with Crippen molar-refractivity contribution in [3.63, 3.8) is 0 Å². The molecule has 2 aromatic rings. The number of anilines is 1. The van der Waals surface area contributed by atoms with Gasteiger partial charge in [0.15, 0.2) is 0 Å². The zero-order chi connectivity index (χ0) is 14.2. The molecule has 1 amide bonds. The SMILES string of the molecule is CC(C)(CC(N)=O)n1c(N)nc2ccc(C#N)cc21. The number of carbonyl (C=O) groups excluding carboxylic acids is 1. The van der Waals surface area contributed by atoms with Crippen LogP contribution in [0.15, 0.2) is 18.2 Å². The Labute approximate surface area is 110 Å². The number of amides is 1. The molecule has 0 aliphatic heterocycles. The molecule has 0 aliphatic carbocycles. The van der Waals surface area contributed by atoms with Gasteiger partial charge in [0, 0.05) is 6.42 Å². The number of primary amides is 1. The van der Waals surface area contributed by atoms with Gasteiger partial charge in [-0.2, -0.15) is 5.26 Å². The maximum absolute atomic E-state index is 11.2. The van der Waals surface area contributed by atoms with Crippen molar-refractivity contribution in [2.45, 2.75) is 25.8 Å². The molecule has 0 aliphatic rings. The molecule has 4 N–H and O–H groups in total. The van der Waals surface area contributed by atoms with Crippen molar-refractivity contribution in [2.75, 3.05) is 5.73 Å². The summed E-state index contributed by atoms with van der Waals surface area (Å²) in [5.74, 6) is -0.112. The smallest absolute Gasteiger partial charge is 0.219 e. The van der Waals surface area contributed by atoms with Crippen molar-refractivity contribution >= 4 is 22.9 Å². The third-order valence-electron chi connectivity index (χ3n) is 3.02. The zero-order valence-electron chi connectivity index (χ0n) is 10.8. The number of aromatic nitrogens is 2. The van der Waals surface area contributed by atoms with E-state index in [-0.39, 0.29) is 6.42 Å². The fourth-order valence-corrected chi connectivity index (χ4v) is 2.31. The Hall–Kier alpha value is -2.55. The molecule has 1 heterocycles. The molecule has 0 bridgehead atoms. The lowest BCUT2D eigenvalue weighted by Crippen LogP contribution is -2.33. The average molecular weight is 257 g/mol. The second-order valence-electron chi connectivity index (χ2n) is 5.08. The molecule has 19 heavy (non-hydrogen) atoms. The number of hydrogen-bond acceptors (Lipinski definition) is 4. The lowest BCUT2D eigenvalue weighted by molar-refractivity contribution is -0.119. The van der Waals surface area contributed by atoms with Crippen molar-refractivity contribution < 1.29 is 4.79 Å². The molecule has 0 spiro atoms. The minimum atomic E-state index is -0.598. The summed E-state index contributed by atoms with van der Waals surface area (Å²) in [7, 11) is 0. The Morgan fingerprint density at radius 1 is 1.53 bits per heavy atom. The number of nitrogens with zero attached hydrogens (tertiary/aromatic N) is 3. The Kier molecular flexibility index (Phi) is 2.91. The first-order chi connectivity index (χ1) is 8.85. The van der Waals surface area contributed by atoms with Crippen LogP contribution in [0.3, 0.4) is 0 Å². The van der Waals surface area contributed by atoms with Gasteiger partial charge in [-0.25, -0.2) is 4.98 Å². The van der Waals surface area contributed by atoms with Gasteiger partial charge in [-0.3, -0.25) is 4.79 Å². The van der Waals surface area contributed by atoms with Crippen LogP contribution >= 0.6 is 0 Å². The molecule has 2 rings (SSSR count). The molecule has 0 fully saturated rings. The minimum Gasteiger partial charge on any atom is -0.370 e. The van der Waals surface area contributed by atoms with Crippen LogP contribution in [-0.2, 0) is 10.3 Å². The van der Waals surface area contributed by atoms with E-state index in [1.807, 2.05) is 13.8 Å². The molecule has 6 heteroatoms. The summed E-state index contributed by atoms with van der Waals surface area (Å²) in [4.78, 5) is 15.4. The highest BCUT2D eigenvalue weighted by Gasteiger charge is 2.27. The van der Waals surface area contributed by atoms with Crippen LogP contribution in [0.1, 0.15) is 25.8 Å². The monoisotopic (exact) mass is 257 g/mol. The summed E-state index contributed by atoms with van der Waals surface area (Å²) in [6.45, 7) is 3.71. The van der Waals surface area contributed by atoms with Crippen molar-refractivity contribution in [1.29, 1.82) is 5.26 Å². The number of benzene rings is 1. The molecule has 0 saturated heterocycles. The van der Waals surface area contributed by atoms with Gasteiger partial charge in [-0.15, -0.1) is 0 Å². The van der Waals surface area contributed by atoms with E-state index in [4.69, 9.17) is 16.7 Å². The maximum Gasteiger partial charge on any atom is 0.219 e. The highest BCUT2D eigenvalue weighted by molar-refractivity contribution is 5.81. The first-order valence-electron chi connectivity index (χ1n) is 5.82. The molecule has 98 valence electrons. The number of nitrogen functional groups attached to an aromatic ring is 1. The first kappa shape index (κ1) is 12.9. The summed E-state index contributed by atoms with van der Waals surface area (Å²) in [5, 5.41) is 8.96. The largest absolute Gasteiger partial charge is 0.370 e. The lowest BCUT2D eigenvalue weighted by Gasteiger charge is -2.27. The second-order valence-corrected chi connectivity index (χ2v) is 5.08. The van der Waals surface area contributed by atoms with Gasteiger partial charge in [-0.05, 0) is 32.0 Å². The molecule has 0 saturated carbocycles. The van der Waals surface area contributed by atoms with Crippen LogP contribution in [0, 0.1) is 11.3 Å². The highest BCUT2D eigenvalue weighted by Crippen LogP contribution is 2.29. The Balaban J connectivity index is 2.68. The molecule has 0 unspecified atom stereocenters. The van der Waals surface area contributed by atoms with E-state index in [9.17, 15) is 4.79 Å². The molecule has 6 nitrogen and oxygen atoms in total. The van der Waals surface area contributed by atoms with Crippen LogP contribution in [-0.4, -0.2) is 15.5 Å². The molecular formula is C13H15N5O. The van der Waals surface area contributed by atoms with Crippen molar-refractivity contribution in [3.8, 4) is 6.07 Å². The van der Waals surface area contributed by atoms with Gasteiger partial charge < -0.3 is 16.0 Å². The number of imidazole rings is 1. The predicted molar refractivity (Wildman–Crippen MR) is 72.0 cm³/mol. The van der Waals surface area contributed by atoms with Crippen LogP contribution in [0.5, 0.6) is 0 Å². The fourth-order valence-electron chi connectivity index (χ4n) is 2.31. The Morgan fingerprint density at radius 3 is 2.79 bits per heavy atom. The van der Waals surface area contributed by atoms with Crippen LogP contribution in [0.25, 0.3) is 11.0 Å². The van der Waals surface area contributed by atoms with E-state index in [2.05, 4.69) is 11.1 Å². The second kappa shape index (κ2) is 4.28. The lowest BCUT2D eigenvalue weighted by atomic mass is 9.99. The standard InChI is InChI=1S/C13H15N5O/c1-13(2,6-11(15)19)18-10-5-8(7-14)3-4-9(10)17-12(18)16/h3-5H,6H2,1-2H3,(H2,15,19)(H2,16,17). The van der Waals surface area contributed by atoms with Gasteiger partial charge in [0.05, 0.1) is 28.2 Å². The summed E-state index contributed by atoms with van der Waals surface area (Å²) in [6.07, 6.45) is 0.138. The van der Waals surface area contributed by atoms with Crippen molar-refractivity contribution in [2.24, 2.45) is 5.73 Å². The zero-order valence-corrected chi connectivity index (χ0v) is 10.8. The number of hydrogen-bond donors (Lipinski definition) is 2. The predicted octanol–water partition coefficient (Wildman–Crippen LogP) is 1.10. The van der Waals surface area contributed by atoms with Gasteiger partial charge in [0.25, 0.3) is 0 Å². The van der Waals surface area contributed by atoms with Crippen molar-refractivity contribution in [3.05, 3.63) is 23.8 Å². The number of rotatable bonds is 3. The van der Waals surface area contributed by atoms with Crippen LogP contribution < -0.4 is 11.5 Å². The normalized spacial score (nSPS) is 11.4. The van der Waals surface area contributed by atoms with Crippen molar-refractivity contribution in [1.82, 2.24) is 9.55 Å². The average Bonchev–Trinajstić information content (AvgIpc) is 2.62. The van der Waals surface area contributed by atoms with E-state index in [1.54, 1.807) is 22.8 Å². The number of carbonyl (C=O) groups is 1. The topological polar surface area (TPSA) is 111 Å². The third kappa shape index (κ3) is 2.22. The van der Waals surface area contributed by atoms with Crippen LogP contribution in [0.4, 0.5) is 5.95 Å². The Morgan fingerprint density at radius 2 is 2.21 bits per heavy atom. The number of nitrogens with two attached hydrogens (primary N) is 2. The molecule has 1 aromatic heterocycles. The van der Waals surface area contributed by atoms with Gasteiger partial charge in [0.2, 0.25) is 11.9 Å². The quantitative estimate of drug-likeness (QED) is 0.857. The Bertz CT molecular complexity index is 693. The van der Waals surface area contributed by atoms with E-state index >= 15 is 0 Å². The summed E-state index contributed by atoms with van der Waals surface area (Å²) < 4.78 is 1.74. The minimum absolute atomic E-state index is 0.138.